The molecule has 0 aliphatic carbocycles. The molecule has 9 heteroatoms. The first-order valence-corrected chi connectivity index (χ1v) is 11.2. The number of pyridine rings is 3. The first-order valence-electron chi connectivity index (χ1n) is 9.26. The maximum absolute atomic E-state index is 13.4. The molecule has 1 aromatic carbocycles. The number of hydrogen-bond acceptors (Lipinski definition) is 6. The van der Waals surface area contributed by atoms with Crippen molar-refractivity contribution in [3.63, 3.8) is 0 Å². The first kappa shape index (κ1) is 20.5. The maximum atomic E-state index is 13.4. The summed E-state index contributed by atoms with van der Waals surface area (Å²) in [6.07, 6.45) is 2.72. The zero-order valence-electron chi connectivity index (χ0n) is 16.4. The Balaban J connectivity index is 1.54. The van der Waals surface area contributed by atoms with Crippen molar-refractivity contribution in [1.82, 2.24) is 20.3 Å². The van der Waals surface area contributed by atoms with Crippen LogP contribution in [0.5, 0.6) is 0 Å². The van der Waals surface area contributed by atoms with Crippen molar-refractivity contribution in [2.45, 2.75) is 11.4 Å². The van der Waals surface area contributed by atoms with Gasteiger partial charge in [-0.15, -0.1) is 0 Å². The third-order valence-corrected chi connectivity index (χ3v) is 5.67. The van der Waals surface area contributed by atoms with Crippen molar-refractivity contribution >= 4 is 26.6 Å². The monoisotopic (exact) mass is 436 g/mol. The number of carbonyl (C=O) groups excluding carboxylic acids is 1. The molecule has 0 aliphatic rings. The fourth-order valence-corrected chi connectivity index (χ4v) is 3.66. The van der Waals surface area contributed by atoms with Crippen molar-refractivity contribution in [2.24, 2.45) is 0 Å². The number of hydrogen-bond donors (Lipinski definition) is 1. The molecule has 0 fully saturated rings. The molecule has 0 saturated heterocycles. The molecule has 3 heterocycles. The van der Waals surface area contributed by atoms with Gasteiger partial charge >= 0.3 is 0 Å². The minimum absolute atomic E-state index is 0.0756. The summed E-state index contributed by atoms with van der Waals surface area (Å²) >= 11 is 0. The van der Waals surface area contributed by atoms with Crippen LogP contribution in [-0.2, 0) is 16.4 Å². The maximum Gasteiger partial charge on any atom is 0.251 e. The first-order chi connectivity index (χ1) is 14.8. The van der Waals surface area contributed by atoms with E-state index in [2.05, 4.69) is 20.3 Å². The number of halogens is 1. The van der Waals surface area contributed by atoms with E-state index in [4.69, 9.17) is 0 Å². The highest BCUT2D eigenvalue weighted by molar-refractivity contribution is 7.90. The zero-order chi connectivity index (χ0) is 22.0. The minimum atomic E-state index is -3.41. The molecule has 0 bridgehead atoms. The molecule has 4 rings (SSSR count). The van der Waals surface area contributed by atoms with Crippen LogP contribution in [0.4, 0.5) is 4.39 Å². The molecule has 156 valence electrons. The van der Waals surface area contributed by atoms with Crippen LogP contribution in [-0.4, -0.2) is 35.5 Å². The van der Waals surface area contributed by atoms with Gasteiger partial charge < -0.3 is 5.32 Å². The lowest BCUT2D eigenvalue weighted by atomic mass is 10.2. The highest BCUT2D eigenvalue weighted by Crippen LogP contribution is 2.20. The van der Waals surface area contributed by atoms with Gasteiger partial charge in [-0.25, -0.2) is 18.4 Å². The Hall–Kier alpha value is -3.72. The summed E-state index contributed by atoms with van der Waals surface area (Å²) < 4.78 is 36.8. The van der Waals surface area contributed by atoms with Crippen molar-refractivity contribution in [2.75, 3.05) is 6.26 Å². The van der Waals surface area contributed by atoms with Crippen LogP contribution in [0.25, 0.3) is 22.3 Å². The van der Waals surface area contributed by atoms with Gasteiger partial charge in [-0.05, 0) is 48.5 Å². The van der Waals surface area contributed by atoms with Gasteiger partial charge in [-0.1, -0.05) is 12.1 Å². The molecule has 1 amide bonds. The highest BCUT2D eigenvalue weighted by atomic mass is 32.2. The van der Waals surface area contributed by atoms with E-state index in [0.717, 1.165) is 11.6 Å². The van der Waals surface area contributed by atoms with Gasteiger partial charge in [0, 0.05) is 23.4 Å². The molecule has 0 atom stereocenters. The summed E-state index contributed by atoms with van der Waals surface area (Å²) in [6.45, 7) is 0.127. The molecule has 7 nitrogen and oxygen atoms in total. The largest absolute Gasteiger partial charge is 0.346 e. The topological polar surface area (TPSA) is 102 Å². The minimum Gasteiger partial charge on any atom is -0.346 e. The number of nitrogens with one attached hydrogen (secondary N) is 1. The fourth-order valence-electron chi connectivity index (χ4n) is 2.99. The number of nitrogens with zero attached hydrogens (tertiary/aromatic N) is 3. The lowest BCUT2D eigenvalue weighted by Crippen LogP contribution is -2.23. The second-order valence-electron chi connectivity index (χ2n) is 6.89. The van der Waals surface area contributed by atoms with Crippen LogP contribution in [0.3, 0.4) is 0 Å². The number of carbonyl (C=O) groups is 1. The normalized spacial score (nSPS) is 11.4. The Bertz CT molecular complexity index is 1410. The van der Waals surface area contributed by atoms with E-state index in [-0.39, 0.29) is 17.0 Å². The van der Waals surface area contributed by atoms with Crippen LogP contribution >= 0.6 is 0 Å². The molecule has 0 saturated carbocycles. The molecular weight excluding hydrogens is 419 g/mol. The van der Waals surface area contributed by atoms with Gasteiger partial charge in [-0.2, -0.15) is 4.39 Å². The Morgan fingerprint density at radius 3 is 2.55 bits per heavy atom. The predicted molar refractivity (Wildman–Crippen MR) is 113 cm³/mol. The van der Waals surface area contributed by atoms with Crippen molar-refractivity contribution in [3.05, 3.63) is 84.1 Å². The highest BCUT2D eigenvalue weighted by Gasteiger charge is 2.12. The molecule has 0 aliphatic heterocycles. The Kier molecular flexibility index (Phi) is 5.43. The van der Waals surface area contributed by atoms with Crippen LogP contribution in [0, 0.1) is 5.95 Å². The third kappa shape index (κ3) is 4.72. The van der Waals surface area contributed by atoms with Crippen LogP contribution < -0.4 is 5.32 Å². The van der Waals surface area contributed by atoms with E-state index in [1.165, 1.54) is 30.3 Å². The fraction of sp³-hybridized carbons (Fsp3) is 0.0909. The standard InChI is InChI=1S/C22H17FN4O3S/c1-31(29,30)17-5-2-4-14(10-17)22(28)25-13-16-11-20-15(12-24-16)8-9-19(26-20)18-6-3-7-21(23)27-18/h2-12H,13H2,1H3,(H,25,28). The van der Waals surface area contributed by atoms with E-state index >= 15 is 0 Å². The third-order valence-electron chi connectivity index (χ3n) is 4.56. The Labute approximate surface area is 177 Å². The van der Waals surface area contributed by atoms with E-state index in [9.17, 15) is 17.6 Å². The molecule has 0 spiro atoms. The van der Waals surface area contributed by atoms with Gasteiger partial charge in [0.15, 0.2) is 9.84 Å². The summed E-state index contributed by atoms with van der Waals surface area (Å²) in [4.78, 5) is 25.2. The van der Waals surface area contributed by atoms with Crippen LogP contribution in [0.2, 0.25) is 0 Å². The van der Waals surface area contributed by atoms with Crippen LogP contribution in [0.15, 0.2) is 71.8 Å². The van der Waals surface area contributed by atoms with Gasteiger partial charge in [-0.3, -0.25) is 9.78 Å². The summed E-state index contributed by atoms with van der Waals surface area (Å²) in [6, 6.07) is 15.6. The lowest BCUT2D eigenvalue weighted by Gasteiger charge is -2.08. The second-order valence-corrected chi connectivity index (χ2v) is 8.91. The van der Waals surface area contributed by atoms with E-state index < -0.39 is 21.7 Å². The summed E-state index contributed by atoms with van der Waals surface area (Å²) in [5.74, 6) is -1.00. The lowest BCUT2D eigenvalue weighted by molar-refractivity contribution is 0.0950. The second kappa shape index (κ2) is 8.19. The molecule has 0 radical (unpaired) electrons. The number of aromatic nitrogens is 3. The number of amides is 1. The number of benzene rings is 1. The number of fused-ring (bicyclic) bond motifs is 1. The molecule has 4 aromatic rings. The van der Waals surface area contributed by atoms with Crippen molar-refractivity contribution < 1.29 is 17.6 Å². The van der Waals surface area contributed by atoms with E-state index in [0.29, 0.717) is 22.6 Å². The quantitative estimate of drug-likeness (QED) is 0.482. The predicted octanol–water partition coefficient (Wildman–Crippen LogP) is 3.16. The van der Waals surface area contributed by atoms with Crippen LogP contribution in [0.1, 0.15) is 16.1 Å². The SMILES string of the molecule is CS(=O)(=O)c1cccc(C(=O)NCc2cc3nc(-c4cccc(F)n4)ccc3cn2)c1. The average Bonchev–Trinajstić information content (AvgIpc) is 2.76. The van der Waals surface area contributed by atoms with Gasteiger partial charge in [0.2, 0.25) is 5.95 Å². The smallest absolute Gasteiger partial charge is 0.251 e. The Morgan fingerprint density at radius 2 is 1.77 bits per heavy atom. The van der Waals surface area contributed by atoms with E-state index in [1.54, 1.807) is 30.5 Å². The van der Waals surface area contributed by atoms with Crippen molar-refractivity contribution in [3.8, 4) is 11.4 Å². The molecule has 3 aromatic heterocycles. The molecule has 1 N–H and O–H groups in total. The average molecular weight is 436 g/mol. The summed E-state index contributed by atoms with van der Waals surface area (Å²) in [7, 11) is -3.41. The van der Waals surface area contributed by atoms with Crippen molar-refractivity contribution in [1.29, 1.82) is 0 Å². The zero-order valence-corrected chi connectivity index (χ0v) is 17.2. The Morgan fingerprint density at radius 1 is 1.00 bits per heavy atom. The molecular formula is C22H17FN4O3S. The van der Waals surface area contributed by atoms with Gasteiger partial charge in [0.05, 0.1) is 34.0 Å². The number of rotatable bonds is 5. The van der Waals surface area contributed by atoms with Gasteiger partial charge in [0.25, 0.3) is 5.91 Å². The van der Waals surface area contributed by atoms with Gasteiger partial charge in [0.1, 0.15) is 0 Å². The van der Waals surface area contributed by atoms with E-state index in [1.807, 2.05) is 6.07 Å². The molecule has 31 heavy (non-hydrogen) atoms. The summed E-state index contributed by atoms with van der Waals surface area (Å²) in [5, 5.41) is 3.51. The molecule has 0 unspecified atom stereocenters. The number of sulfone groups is 1. The summed E-state index contributed by atoms with van der Waals surface area (Å²) in [5.41, 5.74) is 2.37.